The molecule has 2 rings (SSSR count). The van der Waals surface area contributed by atoms with Crippen molar-refractivity contribution in [2.45, 2.75) is 6.42 Å². The third kappa shape index (κ3) is 3.32. The molecule has 0 aromatic heterocycles. The first-order valence-electron chi connectivity index (χ1n) is 5.58. The van der Waals surface area contributed by atoms with Gasteiger partial charge in [0.1, 0.15) is 0 Å². The van der Waals surface area contributed by atoms with Crippen LogP contribution in [-0.2, 0) is 4.79 Å². The molecule has 0 unspecified atom stereocenters. The van der Waals surface area contributed by atoms with Gasteiger partial charge in [0.25, 0.3) is 5.91 Å². The minimum Gasteiger partial charge on any atom is -0.354 e. The van der Waals surface area contributed by atoms with Gasteiger partial charge in [-0.1, -0.05) is 31.9 Å². The summed E-state index contributed by atoms with van der Waals surface area (Å²) >= 11 is 6.73. The molecule has 2 amide bonds. The number of benzene rings is 1. The van der Waals surface area contributed by atoms with Crippen LogP contribution in [0.5, 0.6) is 0 Å². The van der Waals surface area contributed by atoms with E-state index in [0.717, 1.165) is 8.95 Å². The monoisotopic (exact) mass is 374 g/mol. The fraction of sp³-hybridized carbons (Fsp3) is 0.333. The van der Waals surface area contributed by atoms with Gasteiger partial charge in [0, 0.05) is 40.6 Å². The summed E-state index contributed by atoms with van der Waals surface area (Å²) < 4.78 is 1.70. The third-order valence-corrected chi connectivity index (χ3v) is 3.63. The molecule has 0 radical (unpaired) electrons. The Morgan fingerprint density at radius 2 is 1.83 bits per heavy atom. The number of hydrogen-bond donors (Lipinski definition) is 1. The second-order valence-electron chi connectivity index (χ2n) is 4.05. The molecule has 1 fully saturated rings. The molecule has 1 aliphatic rings. The van der Waals surface area contributed by atoms with E-state index in [1.807, 2.05) is 6.07 Å². The Labute approximate surface area is 122 Å². The summed E-state index contributed by atoms with van der Waals surface area (Å²) in [6.07, 6.45) is 0.362. The number of halogens is 2. The van der Waals surface area contributed by atoms with E-state index in [9.17, 15) is 9.59 Å². The summed E-state index contributed by atoms with van der Waals surface area (Å²) in [4.78, 5) is 25.2. The lowest BCUT2D eigenvalue weighted by Gasteiger charge is -2.19. The van der Waals surface area contributed by atoms with Crippen LogP contribution in [0.25, 0.3) is 0 Å². The molecule has 96 valence electrons. The Kier molecular flexibility index (Phi) is 4.40. The predicted octanol–water partition coefficient (Wildman–Crippen LogP) is 2.17. The van der Waals surface area contributed by atoms with Crippen molar-refractivity contribution >= 4 is 43.7 Å². The molecular formula is C12H12Br2N2O2. The van der Waals surface area contributed by atoms with Crippen molar-refractivity contribution < 1.29 is 9.59 Å². The number of nitrogens with zero attached hydrogens (tertiary/aromatic N) is 1. The first-order chi connectivity index (χ1) is 8.56. The van der Waals surface area contributed by atoms with E-state index in [4.69, 9.17) is 0 Å². The van der Waals surface area contributed by atoms with Crippen LogP contribution in [0, 0.1) is 0 Å². The lowest BCUT2D eigenvalue weighted by molar-refractivity contribution is -0.120. The number of amides is 2. The number of carbonyl (C=O) groups is 2. The van der Waals surface area contributed by atoms with Crippen LogP contribution < -0.4 is 5.32 Å². The summed E-state index contributed by atoms with van der Waals surface area (Å²) in [5, 5.41) is 2.75. The van der Waals surface area contributed by atoms with E-state index in [1.165, 1.54) is 0 Å². The maximum absolute atomic E-state index is 12.3. The maximum atomic E-state index is 12.3. The molecule has 0 bridgehead atoms. The van der Waals surface area contributed by atoms with Gasteiger partial charge in [0.15, 0.2) is 0 Å². The molecule has 0 aliphatic carbocycles. The van der Waals surface area contributed by atoms with Crippen LogP contribution in [0.15, 0.2) is 27.1 Å². The van der Waals surface area contributed by atoms with Crippen LogP contribution in [0.4, 0.5) is 0 Å². The van der Waals surface area contributed by atoms with Gasteiger partial charge in [-0.25, -0.2) is 0 Å². The van der Waals surface area contributed by atoms with Crippen LogP contribution in [0.1, 0.15) is 16.8 Å². The molecule has 1 N–H and O–H groups in total. The van der Waals surface area contributed by atoms with Gasteiger partial charge in [-0.2, -0.15) is 0 Å². The number of nitrogens with one attached hydrogen (secondary N) is 1. The average Bonchev–Trinajstić information content (AvgIpc) is 2.52. The highest BCUT2D eigenvalue weighted by Crippen LogP contribution is 2.21. The molecule has 1 aliphatic heterocycles. The largest absolute Gasteiger partial charge is 0.354 e. The van der Waals surface area contributed by atoms with E-state index in [0.29, 0.717) is 31.6 Å². The highest BCUT2D eigenvalue weighted by atomic mass is 79.9. The van der Waals surface area contributed by atoms with E-state index in [2.05, 4.69) is 37.2 Å². The number of rotatable bonds is 1. The fourth-order valence-corrected chi connectivity index (χ4v) is 3.12. The summed E-state index contributed by atoms with van der Waals surface area (Å²) in [5.74, 6) is -0.0470. The average molecular weight is 376 g/mol. The lowest BCUT2D eigenvalue weighted by atomic mass is 10.2. The first kappa shape index (κ1) is 13.5. The van der Waals surface area contributed by atoms with E-state index >= 15 is 0 Å². The van der Waals surface area contributed by atoms with Gasteiger partial charge in [-0.15, -0.1) is 0 Å². The minimum absolute atomic E-state index is 0.000669. The van der Waals surface area contributed by atoms with Crippen LogP contribution >= 0.6 is 31.9 Å². The normalized spacial score (nSPS) is 16.1. The molecule has 0 saturated carbocycles. The van der Waals surface area contributed by atoms with E-state index in [-0.39, 0.29) is 11.8 Å². The topological polar surface area (TPSA) is 49.4 Å². The van der Waals surface area contributed by atoms with Crippen molar-refractivity contribution in [2.75, 3.05) is 19.6 Å². The molecule has 4 nitrogen and oxygen atoms in total. The quantitative estimate of drug-likeness (QED) is 0.817. The Morgan fingerprint density at radius 3 is 2.50 bits per heavy atom. The molecule has 1 saturated heterocycles. The van der Waals surface area contributed by atoms with Crippen LogP contribution in [0.3, 0.4) is 0 Å². The van der Waals surface area contributed by atoms with E-state index < -0.39 is 0 Å². The Bertz CT molecular complexity index is 471. The molecule has 1 heterocycles. The minimum atomic E-state index is -0.0477. The Morgan fingerprint density at radius 1 is 1.17 bits per heavy atom. The molecule has 6 heteroatoms. The standard InChI is InChI=1S/C12H12Br2N2O2/c13-9-5-8(6-10(14)7-9)12(18)16-3-1-11(17)15-2-4-16/h5-7H,1-4H2,(H,15,17). The molecule has 1 aromatic carbocycles. The highest BCUT2D eigenvalue weighted by Gasteiger charge is 2.20. The van der Waals surface area contributed by atoms with Gasteiger partial charge in [0.2, 0.25) is 5.91 Å². The van der Waals surface area contributed by atoms with Crippen molar-refractivity contribution in [3.05, 3.63) is 32.7 Å². The Balaban J connectivity index is 2.17. The lowest BCUT2D eigenvalue weighted by Crippen LogP contribution is -2.34. The first-order valence-corrected chi connectivity index (χ1v) is 7.17. The third-order valence-electron chi connectivity index (χ3n) is 2.71. The van der Waals surface area contributed by atoms with E-state index in [1.54, 1.807) is 17.0 Å². The van der Waals surface area contributed by atoms with Gasteiger partial charge in [-0.05, 0) is 18.2 Å². The molecular weight excluding hydrogens is 364 g/mol. The van der Waals surface area contributed by atoms with Crippen LogP contribution in [0.2, 0.25) is 0 Å². The summed E-state index contributed by atoms with van der Waals surface area (Å²) in [5.41, 5.74) is 0.616. The van der Waals surface area contributed by atoms with Crippen molar-refractivity contribution in [3.8, 4) is 0 Å². The second kappa shape index (κ2) is 5.84. The summed E-state index contributed by atoms with van der Waals surface area (Å²) in [6, 6.07) is 5.45. The van der Waals surface area contributed by atoms with Gasteiger partial charge < -0.3 is 10.2 Å². The molecule has 18 heavy (non-hydrogen) atoms. The van der Waals surface area contributed by atoms with Gasteiger partial charge in [0.05, 0.1) is 0 Å². The van der Waals surface area contributed by atoms with Crippen molar-refractivity contribution in [2.24, 2.45) is 0 Å². The van der Waals surface area contributed by atoms with Crippen molar-refractivity contribution in [3.63, 3.8) is 0 Å². The molecule has 0 atom stereocenters. The van der Waals surface area contributed by atoms with Crippen molar-refractivity contribution in [1.82, 2.24) is 10.2 Å². The summed E-state index contributed by atoms with van der Waals surface area (Å²) in [7, 11) is 0. The molecule has 0 spiro atoms. The van der Waals surface area contributed by atoms with Crippen LogP contribution in [-0.4, -0.2) is 36.3 Å². The molecule has 1 aromatic rings. The zero-order valence-electron chi connectivity index (χ0n) is 9.58. The van der Waals surface area contributed by atoms with Crippen molar-refractivity contribution in [1.29, 1.82) is 0 Å². The SMILES string of the molecule is O=C1CCN(C(=O)c2cc(Br)cc(Br)c2)CCN1. The zero-order chi connectivity index (χ0) is 13.1. The predicted molar refractivity (Wildman–Crippen MR) is 75.4 cm³/mol. The van der Waals surface area contributed by atoms with Gasteiger partial charge in [-0.3, -0.25) is 9.59 Å². The van der Waals surface area contributed by atoms with Gasteiger partial charge >= 0.3 is 0 Å². The summed E-state index contributed by atoms with van der Waals surface area (Å²) in [6.45, 7) is 1.53. The smallest absolute Gasteiger partial charge is 0.254 e. The zero-order valence-corrected chi connectivity index (χ0v) is 12.8. The maximum Gasteiger partial charge on any atom is 0.254 e. The Hall–Kier alpha value is -0.880. The fourth-order valence-electron chi connectivity index (χ4n) is 1.83. The number of hydrogen-bond acceptors (Lipinski definition) is 2. The second-order valence-corrected chi connectivity index (χ2v) is 5.88. The highest BCUT2D eigenvalue weighted by molar-refractivity contribution is 9.11. The number of carbonyl (C=O) groups excluding carboxylic acids is 2.